The van der Waals surface area contributed by atoms with Crippen LogP contribution in [0.1, 0.15) is 18.4 Å². The highest BCUT2D eigenvalue weighted by molar-refractivity contribution is 8.00. The summed E-state index contributed by atoms with van der Waals surface area (Å²) < 4.78 is 13.0. The Hall–Kier alpha value is -1.85. The zero-order valence-electron chi connectivity index (χ0n) is 16.5. The van der Waals surface area contributed by atoms with E-state index in [9.17, 15) is 9.18 Å². The summed E-state index contributed by atoms with van der Waals surface area (Å²) in [5.41, 5.74) is 1.17. The highest BCUT2D eigenvalue weighted by atomic mass is 32.2. The van der Waals surface area contributed by atoms with E-state index in [0.717, 1.165) is 37.5 Å². The van der Waals surface area contributed by atoms with E-state index in [0.29, 0.717) is 11.7 Å². The van der Waals surface area contributed by atoms with Crippen molar-refractivity contribution < 1.29 is 9.18 Å². The van der Waals surface area contributed by atoms with E-state index >= 15 is 0 Å². The van der Waals surface area contributed by atoms with Crippen LogP contribution in [0.5, 0.6) is 0 Å². The van der Waals surface area contributed by atoms with E-state index in [4.69, 9.17) is 0 Å². The number of hydrogen-bond donors (Lipinski definition) is 0. The summed E-state index contributed by atoms with van der Waals surface area (Å²) in [5.74, 6) is 1.02. The van der Waals surface area contributed by atoms with Gasteiger partial charge in [0.05, 0.1) is 5.75 Å². The predicted octanol–water partition coefficient (Wildman–Crippen LogP) is 4.33. The van der Waals surface area contributed by atoms with Crippen LogP contribution >= 0.6 is 11.8 Å². The van der Waals surface area contributed by atoms with Crippen LogP contribution in [0.25, 0.3) is 0 Å². The lowest BCUT2D eigenvalue weighted by Crippen LogP contribution is -2.42. The molecule has 1 atom stereocenters. The Kier molecular flexibility index (Phi) is 7.92. The Bertz CT molecular complexity index is 738. The largest absolute Gasteiger partial charge is 0.345 e. The first-order valence-electron chi connectivity index (χ1n) is 9.99. The van der Waals surface area contributed by atoms with Crippen molar-refractivity contribution in [3.05, 3.63) is 66.0 Å². The molecule has 150 valence electrons. The number of likely N-dealkylation sites (tertiary alicyclic amines) is 1. The fraction of sp³-hybridized carbons (Fsp3) is 0.435. The van der Waals surface area contributed by atoms with Crippen LogP contribution in [-0.4, -0.2) is 54.7 Å². The van der Waals surface area contributed by atoms with Gasteiger partial charge in [0.25, 0.3) is 0 Å². The molecule has 2 aromatic rings. The molecule has 0 spiro atoms. The molecule has 1 saturated heterocycles. The number of amides is 1. The molecule has 5 heteroatoms. The molecular formula is C23H29FN2OS. The minimum atomic E-state index is -0.181. The number of carbonyl (C=O) groups is 1. The van der Waals surface area contributed by atoms with Gasteiger partial charge in [0.15, 0.2) is 0 Å². The van der Waals surface area contributed by atoms with Gasteiger partial charge in [-0.1, -0.05) is 30.3 Å². The molecule has 1 aliphatic rings. The molecule has 1 amide bonds. The summed E-state index contributed by atoms with van der Waals surface area (Å²) in [4.78, 5) is 18.0. The number of benzene rings is 2. The van der Waals surface area contributed by atoms with Gasteiger partial charge in [0, 0.05) is 31.6 Å². The maximum absolute atomic E-state index is 13.0. The van der Waals surface area contributed by atoms with E-state index < -0.39 is 0 Å². The molecule has 1 heterocycles. The Labute approximate surface area is 171 Å². The molecule has 0 aromatic heterocycles. The number of nitrogens with zero attached hydrogens (tertiary/aromatic N) is 2. The van der Waals surface area contributed by atoms with E-state index in [-0.39, 0.29) is 11.7 Å². The van der Waals surface area contributed by atoms with Crippen LogP contribution in [-0.2, 0) is 11.2 Å². The van der Waals surface area contributed by atoms with Crippen LogP contribution in [0.15, 0.2) is 59.5 Å². The van der Waals surface area contributed by atoms with Crippen LogP contribution in [0.3, 0.4) is 0 Å². The van der Waals surface area contributed by atoms with Gasteiger partial charge in [0.2, 0.25) is 5.91 Å². The van der Waals surface area contributed by atoms with E-state index in [1.54, 1.807) is 11.8 Å². The minimum absolute atomic E-state index is 0.181. The molecule has 3 nitrogen and oxygen atoms in total. The van der Waals surface area contributed by atoms with Crippen molar-refractivity contribution in [3.8, 4) is 0 Å². The molecule has 0 N–H and O–H groups in total. The lowest BCUT2D eigenvalue weighted by molar-refractivity contribution is -0.127. The fourth-order valence-corrected chi connectivity index (χ4v) is 4.56. The number of halogens is 1. The molecule has 0 bridgehead atoms. The first-order chi connectivity index (χ1) is 13.6. The molecule has 2 aromatic carbocycles. The Balaban J connectivity index is 1.40. The van der Waals surface area contributed by atoms with E-state index in [1.807, 2.05) is 54.4 Å². The van der Waals surface area contributed by atoms with Gasteiger partial charge in [0.1, 0.15) is 5.82 Å². The molecule has 1 aliphatic heterocycles. The van der Waals surface area contributed by atoms with Crippen LogP contribution in [0, 0.1) is 11.7 Å². The van der Waals surface area contributed by atoms with E-state index in [2.05, 4.69) is 4.90 Å². The molecular weight excluding hydrogens is 371 g/mol. The second-order valence-electron chi connectivity index (χ2n) is 7.56. The maximum Gasteiger partial charge on any atom is 0.232 e. The normalized spacial score (nSPS) is 17.4. The van der Waals surface area contributed by atoms with Gasteiger partial charge in [-0.2, -0.15) is 0 Å². The molecule has 0 aliphatic carbocycles. The van der Waals surface area contributed by atoms with Crippen molar-refractivity contribution in [1.82, 2.24) is 9.80 Å². The summed E-state index contributed by atoms with van der Waals surface area (Å²) >= 11 is 1.60. The Morgan fingerprint density at radius 2 is 1.93 bits per heavy atom. The monoisotopic (exact) mass is 400 g/mol. The molecule has 0 radical (unpaired) electrons. The zero-order valence-corrected chi connectivity index (χ0v) is 17.3. The highest BCUT2D eigenvalue weighted by Crippen LogP contribution is 2.20. The van der Waals surface area contributed by atoms with Crippen molar-refractivity contribution in [3.63, 3.8) is 0 Å². The molecule has 3 rings (SSSR count). The number of carbonyl (C=O) groups excluding carboxylic acids is 1. The minimum Gasteiger partial charge on any atom is -0.345 e. The fourth-order valence-electron chi connectivity index (χ4n) is 3.70. The van der Waals surface area contributed by atoms with Crippen LogP contribution in [0.4, 0.5) is 4.39 Å². The van der Waals surface area contributed by atoms with Gasteiger partial charge >= 0.3 is 0 Å². The average Bonchev–Trinajstić information content (AvgIpc) is 2.72. The number of hydrogen-bond acceptors (Lipinski definition) is 3. The van der Waals surface area contributed by atoms with Crippen molar-refractivity contribution in [2.75, 3.05) is 39.0 Å². The van der Waals surface area contributed by atoms with Crippen LogP contribution < -0.4 is 0 Å². The maximum atomic E-state index is 13.0. The number of thioether (sulfide) groups is 1. The zero-order chi connectivity index (χ0) is 19.8. The molecule has 28 heavy (non-hydrogen) atoms. The standard InChI is InChI=1S/C23H29FN2OS/c1-25(23(27)18-28-22-7-3-2-4-8-22)16-20-6-5-14-26(17-20)15-13-19-9-11-21(24)12-10-19/h2-4,7-12,20H,5-6,13-18H2,1H3/t20-/m1/s1. The Morgan fingerprint density at radius 3 is 2.68 bits per heavy atom. The van der Waals surface area contributed by atoms with Crippen LogP contribution in [0.2, 0.25) is 0 Å². The van der Waals surface area contributed by atoms with Gasteiger partial charge in [-0.15, -0.1) is 11.8 Å². The first kappa shape index (κ1) is 20.9. The van der Waals surface area contributed by atoms with Crippen molar-refractivity contribution in [2.45, 2.75) is 24.2 Å². The second kappa shape index (κ2) is 10.6. The first-order valence-corrected chi connectivity index (χ1v) is 11.0. The van der Waals surface area contributed by atoms with Gasteiger partial charge in [-0.05, 0) is 61.6 Å². The quantitative estimate of drug-likeness (QED) is 0.616. The second-order valence-corrected chi connectivity index (χ2v) is 8.61. The summed E-state index contributed by atoms with van der Waals surface area (Å²) in [6.07, 6.45) is 3.29. The topological polar surface area (TPSA) is 23.6 Å². The van der Waals surface area contributed by atoms with E-state index in [1.165, 1.54) is 30.5 Å². The molecule has 0 unspecified atom stereocenters. The summed E-state index contributed by atoms with van der Waals surface area (Å²) in [5, 5.41) is 0. The summed E-state index contributed by atoms with van der Waals surface area (Å²) in [6.45, 7) is 3.95. The molecule has 0 saturated carbocycles. The lowest BCUT2D eigenvalue weighted by Gasteiger charge is -2.34. The number of rotatable bonds is 8. The highest BCUT2D eigenvalue weighted by Gasteiger charge is 2.22. The predicted molar refractivity (Wildman–Crippen MR) is 114 cm³/mol. The smallest absolute Gasteiger partial charge is 0.232 e. The van der Waals surface area contributed by atoms with Crippen molar-refractivity contribution >= 4 is 17.7 Å². The van der Waals surface area contributed by atoms with Gasteiger partial charge in [-0.3, -0.25) is 4.79 Å². The third-order valence-corrected chi connectivity index (χ3v) is 6.29. The molecule has 1 fully saturated rings. The van der Waals surface area contributed by atoms with Gasteiger partial charge < -0.3 is 9.80 Å². The van der Waals surface area contributed by atoms with Crippen molar-refractivity contribution in [1.29, 1.82) is 0 Å². The summed E-state index contributed by atoms with van der Waals surface area (Å²) in [6, 6.07) is 16.9. The van der Waals surface area contributed by atoms with Gasteiger partial charge in [-0.25, -0.2) is 4.39 Å². The van der Waals surface area contributed by atoms with Crippen molar-refractivity contribution in [2.24, 2.45) is 5.92 Å². The number of piperidine rings is 1. The third-order valence-electron chi connectivity index (χ3n) is 5.30. The third kappa shape index (κ3) is 6.64. The average molecular weight is 401 g/mol. The summed E-state index contributed by atoms with van der Waals surface area (Å²) in [7, 11) is 1.92. The lowest BCUT2D eigenvalue weighted by atomic mass is 9.97. The SMILES string of the molecule is CN(C[C@H]1CCCN(CCc2ccc(F)cc2)C1)C(=O)CSc1ccccc1. The Morgan fingerprint density at radius 1 is 1.18 bits per heavy atom.